The molecule has 10 aromatic carbocycles. The van der Waals surface area contributed by atoms with E-state index in [0.29, 0.717) is 110 Å². The van der Waals surface area contributed by atoms with Gasteiger partial charge in [-0.3, -0.25) is 0 Å². The third-order valence-corrected chi connectivity index (χ3v) is 14.2. The number of nitrogens with zero attached hydrogens (tertiary/aromatic N) is 7. The van der Waals surface area contributed by atoms with E-state index in [-0.39, 0.29) is 16.9 Å². The molecule has 0 atom stereocenters. The molecule has 0 spiro atoms. The molecule has 0 saturated carbocycles. The molecule has 0 radical (unpaired) electrons. The van der Waals surface area contributed by atoms with E-state index in [4.69, 9.17) is 0 Å². The van der Waals surface area contributed by atoms with Gasteiger partial charge in [0.2, 0.25) is 5.82 Å². The smallest absolute Gasteiger partial charge is 0.200 e. The molecule has 0 aliphatic heterocycles. The maximum Gasteiger partial charge on any atom is 0.200 e. The SMILES string of the molecule is N#Cc1ccccc1-c1ccc2c(c1)c1cc(-c3ccccc3C#N)ccc1n2-c1cc(-c2c(F)c(F)c(F)c(F)c2F)cc(-n2c3ccc(-c4ccccc4C#N)cc3c3cc(-c4ccccc4C#N)ccc32)c1C#N. The van der Waals surface area contributed by atoms with E-state index in [1.54, 1.807) is 130 Å². The summed E-state index contributed by atoms with van der Waals surface area (Å²) in [6, 6.07) is 63.8. The summed E-state index contributed by atoms with van der Waals surface area (Å²) in [7, 11) is 0. The van der Waals surface area contributed by atoms with Crippen molar-refractivity contribution < 1.29 is 22.0 Å². The lowest BCUT2D eigenvalue weighted by Gasteiger charge is -2.19. The maximum atomic E-state index is 16.4. The van der Waals surface area contributed by atoms with Crippen LogP contribution in [-0.4, -0.2) is 9.13 Å². The van der Waals surface area contributed by atoms with Crippen LogP contribution in [0.25, 0.3) is 111 Å². The highest BCUT2D eigenvalue weighted by atomic mass is 19.2. The molecule has 77 heavy (non-hydrogen) atoms. The van der Waals surface area contributed by atoms with Crippen molar-refractivity contribution in [3.05, 3.63) is 239 Å². The van der Waals surface area contributed by atoms with Crippen LogP contribution in [0.3, 0.4) is 0 Å². The Morgan fingerprint density at radius 3 is 0.831 bits per heavy atom. The summed E-state index contributed by atoms with van der Waals surface area (Å²) in [5.74, 6) is -10.8. The molecule has 0 saturated heterocycles. The first-order chi connectivity index (χ1) is 37.6. The predicted molar refractivity (Wildman–Crippen MR) is 286 cm³/mol. The molecule has 0 fully saturated rings. The highest BCUT2D eigenvalue weighted by Gasteiger charge is 2.30. The Labute approximate surface area is 435 Å². The third kappa shape index (κ3) is 7.35. The highest BCUT2D eigenvalue weighted by molar-refractivity contribution is 6.14. The normalized spacial score (nSPS) is 11.1. The summed E-state index contributed by atoms with van der Waals surface area (Å²) in [5, 5.41) is 54.7. The second kappa shape index (κ2) is 18.4. The third-order valence-electron chi connectivity index (χ3n) is 14.2. The van der Waals surface area contributed by atoms with Crippen molar-refractivity contribution in [1.82, 2.24) is 9.13 Å². The first-order valence-corrected chi connectivity index (χ1v) is 23.8. The summed E-state index contributed by atoms with van der Waals surface area (Å²) in [6.45, 7) is 0. The number of hydrogen-bond acceptors (Lipinski definition) is 5. The van der Waals surface area contributed by atoms with Crippen LogP contribution in [0.15, 0.2) is 182 Å². The largest absolute Gasteiger partial charge is 0.308 e. The van der Waals surface area contributed by atoms with Crippen molar-refractivity contribution in [2.75, 3.05) is 0 Å². The fourth-order valence-corrected chi connectivity index (χ4v) is 10.6. The summed E-state index contributed by atoms with van der Waals surface area (Å²) >= 11 is 0. The topological polar surface area (TPSA) is 129 Å². The van der Waals surface area contributed by atoms with Crippen molar-refractivity contribution in [3.8, 4) is 97.4 Å². The molecule has 2 aromatic heterocycles. The van der Waals surface area contributed by atoms with Gasteiger partial charge >= 0.3 is 0 Å². The molecular formula is C65H30F5N7. The van der Waals surface area contributed by atoms with Crippen molar-refractivity contribution in [2.24, 2.45) is 0 Å². The van der Waals surface area contributed by atoms with Crippen molar-refractivity contribution in [1.29, 1.82) is 26.3 Å². The minimum Gasteiger partial charge on any atom is -0.308 e. The van der Waals surface area contributed by atoms with E-state index in [2.05, 4.69) is 30.3 Å². The van der Waals surface area contributed by atoms with Gasteiger partial charge in [0.1, 0.15) is 11.6 Å². The lowest BCUT2D eigenvalue weighted by molar-refractivity contribution is 0.381. The molecule has 0 bridgehead atoms. The number of fused-ring (bicyclic) bond motifs is 6. The Balaban J connectivity index is 1.23. The van der Waals surface area contributed by atoms with Crippen LogP contribution in [0.2, 0.25) is 0 Å². The van der Waals surface area contributed by atoms with E-state index in [1.807, 2.05) is 48.5 Å². The minimum absolute atomic E-state index is 0.00780. The van der Waals surface area contributed by atoms with Crippen molar-refractivity contribution in [3.63, 3.8) is 0 Å². The molecule has 0 unspecified atom stereocenters. The number of nitriles is 5. The summed E-state index contributed by atoms with van der Waals surface area (Å²) in [5.41, 5.74) is 6.87. The molecule has 360 valence electrons. The Bertz CT molecular complexity index is 4260. The summed E-state index contributed by atoms with van der Waals surface area (Å²) in [6.07, 6.45) is 0. The van der Waals surface area contributed by atoms with Gasteiger partial charge in [0.05, 0.1) is 85.5 Å². The van der Waals surface area contributed by atoms with E-state index in [9.17, 15) is 30.7 Å². The number of aromatic nitrogens is 2. The van der Waals surface area contributed by atoms with Crippen LogP contribution in [0, 0.1) is 85.7 Å². The zero-order valence-corrected chi connectivity index (χ0v) is 39.8. The fraction of sp³-hybridized carbons (Fsp3) is 0. The number of rotatable bonds is 7. The van der Waals surface area contributed by atoms with Crippen LogP contribution < -0.4 is 0 Å². The van der Waals surface area contributed by atoms with Crippen LogP contribution >= 0.6 is 0 Å². The summed E-state index contributed by atoms with van der Waals surface area (Å²) in [4.78, 5) is 0. The van der Waals surface area contributed by atoms with Gasteiger partial charge < -0.3 is 9.13 Å². The lowest BCUT2D eigenvalue weighted by Crippen LogP contribution is -2.08. The van der Waals surface area contributed by atoms with Gasteiger partial charge in [-0.1, -0.05) is 97.1 Å². The number of benzene rings is 10. The Morgan fingerprint density at radius 2 is 0.558 bits per heavy atom. The average Bonchev–Trinajstić information content (AvgIpc) is 4.01. The van der Waals surface area contributed by atoms with Crippen molar-refractivity contribution in [2.45, 2.75) is 0 Å². The Morgan fingerprint density at radius 1 is 0.286 bits per heavy atom. The molecule has 0 amide bonds. The van der Waals surface area contributed by atoms with Gasteiger partial charge in [-0.15, -0.1) is 0 Å². The zero-order chi connectivity index (χ0) is 53.2. The monoisotopic (exact) mass is 1000 g/mol. The van der Waals surface area contributed by atoms with Gasteiger partial charge in [-0.25, -0.2) is 22.0 Å². The van der Waals surface area contributed by atoms with Gasteiger partial charge in [0, 0.05) is 21.5 Å². The second-order valence-electron chi connectivity index (χ2n) is 18.2. The number of halogens is 5. The van der Waals surface area contributed by atoms with E-state index in [1.165, 1.54) is 12.1 Å². The summed E-state index contributed by atoms with van der Waals surface area (Å²) < 4.78 is 82.0. The van der Waals surface area contributed by atoms with Gasteiger partial charge in [-0.05, 0) is 135 Å². The van der Waals surface area contributed by atoms with Gasteiger partial charge in [-0.2, -0.15) is 26.3 Å². The van der Waals surface area contributed by atoms with Crippen LogP contribution in [0.4, 0.5) is 22.0 Å². The highest BCUT2D eigenvalue weighted by Crippen LogP contribution is 2.45. The molecule has 0 aliphatic carbocycles. The van der Waals surface area contributed by atoms with Crippen LogP contribution in [-0.2, 0) is 0 Å². The first kappa shape index (κ1) is 46.9. The van der Waals surface area contributed by atoms with Crippen molar-refractivity contribution >= 4 is 43.6 Å². The maximum absolute atomic E-state index is 16.4. The Hall–Kier alpha value is -11.1. The van der Waals surface area contributed by atoms with Gasteiger partial charge in [0.25, 0.3) is 0 Å². The first-order valence-electron chi connectivity index (χ1n) is 23.8. The molecule has 0 aliphatic rings. The van der Waals surface area contributed by atoms with E-state index < -0.39 is 40.2 Å². The molecule has 12 heteroatoms. The average molecular weight is 1000 g/mol. The molecule has 12 rings (SSSR count). The standard InChI is InChI=1S/C65H30F5N7/c66-61-60(62(67)64(69)65(70)63(61)68)44-29-58(76-54-21-17-36(45-13-5-1-9-40(45)31-71)25-49(54)50-26-37(18-22-55(50)76)46-14-6-2-10-41(46)32-72)53(35-75)59(30-44)77-56-23-19-38(47-15-7-3-11-42(47)33-73)27-51(56)52-28-39(20-24-57(52)77)48-16-8-4-12-43(48)34-74/h1-30H. The molecule has 7 nitrogen and oxygen atoms in total. The molecular weight excluding hydrogens is 974 g/mol. The zero-order valence-electron chi connectivity index (χ0n) is 39.8. The molecule has 0 N–H and O–H groups in total. The second-order valence-corrected chi connectivity index (χ2v) is 18.2. The lowest BCUT2D eigenvalue weighted by atomic mass is 9.96. The molecule has 12 aromatic rings. The minimum atomic E-state index is -2.34. The number of hydrogen-bond donors (Lipinski definition) is 0. The van der Waals surface area contributed by atoms with Gasteiger partial charge in [0.15, 0.2) is 23.3 Å². The quantitative estimate of drug-likeness (QED) is 0.0892. The van der Waals surface area contributed by atoms with Crippen LogP contribution in [0.5, 0.6) is 0 Å². The molecule has 2 heterocycles. The van der Waals surface area contributed by atoms with E-state index in [0.717, 1.165) is 0 Å². The Kier molecular flexibility index (Phi) is 11.2. The van der Waals surface area contributed by atoms with Crippen LogP contribution in [0.1, 0.15) is 27.8 Å². The predicted octanol–water partition coefficient (Wildman–Crippen LogP) is 16.3. The fourth-order valence-electron chi connectivity index (χ4n) is 10.6. The van der Waals surface area contributed by atoms with E-state index >= 15 is 17.6 Å².